The summed E-state index contributed by atoms with van der Waals surface area (Å²) in [5.41, 5.74) is 0. The molecule has 0 aliphatic heterocycles. The monoisotopic (exact) mass is 365 g/mol. The van der Waals surface area contributed by atoms with Crippen molar-refractivity contribution in [3.8, 4) is 0 Å². The fourth-order valence-corrected chi connectivity index (χ4v) is 3.86. The zero-order chi connectivity index (χ0) is 17.2. The molecule has 2 aromatic heterocycles. The van der Waals surface area contributed by atoms with E-state index in [1.54, 1.807) is 22.7 Å². The molecular formula is C17H27N5S2. The Hall–Kier alpha value is -1.47. The van der Waals surface area contributed by atoms with Gasteiger partial charge in [0.25, 0.3) is 0 Å². The highest BCUT2D eigenvalue weighted by Gasteiger charge is 2.03. The molecule has 5 nitrogen and oxygen atoms in total. The second-order valence-corrected chi connectivity index (χ2v) is 7.73. The van der Waals surface area contributed by atoms with E-state index in [1.807, 2.05) is 12.4 Å². The topological polar surface area (TPSA) is 62.2 Å². The third kappa shape index (κ3) is 6.20. The molecule has 0 saturated heterocycles. The van der Waals surface area contributed by atoms with Crippen LogP contribution in [-0.2, 0) is 25.7 Å². The average molecular weight is 366 g/mol. The molecule has 2 heterocycles. The zero-order valence-corrected chi connectivity index (χ0v) is 16.4. The predicted octanol–water partition coefficient (Wildman–Crippen LogP) is 3.06. The summed E-state index contributed by atoms with van der Waals surface area (Å²) in [5.74, 6) is 0.872. The molecule has 132 valence electrons. The van der Waals surface area contributed by atoms with Crippen molar-refractivity contribution in [3.05, 3.63) is 32.2 Å². The van der Waals surface area contributed by atoms with Crippen molar-refractivity contribution < 1.29 is 0 Å². The number of nitrogens with zero attached hydrogens (tertiary/aromatic N) is 3. The van der Waals surface area contributed by atoms with Crippen LogP contribution < -0.4 is 10.6 Å². The summed E-state index contributed by atoms with van der Waals surface area (Å²) in [6, 6.07) is 0. The minimum absolute atomic E-state index is 0.753. The minimum atomic E-state index is 0.753. The molecule has 0 bridgehead atoms. The molecule has 24 heavy (non-hydrogen) atoms. The lowest BCUT2D eigenvalue weighted by Crippen LogP contribution is -2.38. The highest BCUT2D eigenvalue weighted by Crippen LogP contribution is 2.14. The van der Waals surface area contributed by atoms with Gasteiger partial charge < -0.3 is 10.6 Å². The fourth-order valence-electron chi connectivity index (χ4n) is 2.15. The lowest BCUT2D eigenvalue weighted by atomic mass is 10.4. The Labute approximate surface area is 152 Å². The van der Waals surface area contributed by atoms with Crippen molar-refractivity contribution in [1.82, 2.24) is 20.6 Å². The quantitative estimate of drug-likeness (QED) is 0.529. The molecule has 0 atom stereocenters. The van der Waals surface area contributed by atoms with E-state index in [0.717, 1.165) is 51.3 Å². The second kappa shape index (κ2) is 10.4. The Balaban J connectivity index is 1.77. The van der Waals surface area contributed by atoms with E-state index in [4.69, 9.17) is 0 Å². The highest BCUT2D eigenvalue weighted by molar-refractivity contribution is 7.11. The largest absolute Gasteiger partial charge is 0.357 e. The van der Waals surface area contributed by atoms with E-state index in [2.05, 4.69) is 46.4 Å². The molecule has 0 spiro atoms. The predicted molar refractivity (Wildman–Crippen MR) is 104 cm³/mol. The summed E-state index contributed by atoms with van der Waals surface area (Å²) in [6.45, 7) is 8.87. The summed E-state index contributed by atoms with van der Waals surface area (Å²) in [7, 11) is 0. The Morgan fingerprint density at radius 2 is 1.58 bits per heavy atom. The smallest absolute Gasteiger partial charge is 0.191 e. The summed E-state index contributed by atoms with van der Waals surface area (Å²) >= 11 is 3.59. The third-order valence-electron chi connectivity index (χ3n) is 3.47. The van der Waals surface area contributed by atoms with E-state index < -0.39 is 0 Å². The number of aliphatic imine (C=N–C) groups is 1. The maximum atomic E-state index is 4.64. The average Bonchev–Trinajstić information content (AvgIpc) is 3.24. The number of thiazole rings is 2. The number of hydrogen-bond donors (Lipinski definition) is 2. The minimum Gasteiger partial charge on any atom is -0.357 e. The molecule has 0 saturated carbocycles. The maximum absolute atomic E-state index is 4.64. The lowest BCUT2D eigenvalue weighted by Gasteiger charge is -2.10. The van der Waals surface area contributed by atoms with Gasteiger partial charge >= 0.3 is 0 Å². The SMILES string of the molecule is CCNC(=NCCc1ncc(CC)s1)NCCc1ncc(CC)s1. The molecule has 0 aromatic carbocycles. The summed E-state index contributed by atoms with van der Waals surface area (Å²) in [4.78, 5) is 16.2. The third-order valence-corrected chi connectivity index (χ3v) is 5.87. The number of rotatable bonds is 9. The van der Waals surface area contributed by atoms with Crippen molar-refractivity contribution in [1.29, 1.82) is 0 Å². The van der Waals surface area contributed by atoms with Crippen LogP contribution in [0.15, 0.2) is 17.4 Å². The van der Waals surface area contributed by atoms with Gasteiger partial charge in [-0.3, -0.25) is 4.99 Å². The fraction of sp³-hybridized carbons (Fsp3) is 0.588. The van der Waals surface area contributed by atoms with Gasteiger partial charge in [0.2, 0.25) is 0 Å². The van der Waals surface area contributed by atoms with Crippen molar-refractivity contribution in [2.24, 2.45) is 4.99 Å². The van der Waals surface area contributed by atoms with Crippen LogP contribution in [0.3, 0.4) is 0 Å². The van der Waals surface area contributed by atoms with Gasteiger partial charge in [0.15, 0.2) is 5.96 Å². The second-order valence-electron chi connectivity index (χ2n) is 5.34. The van der Waals surface area contributed by atoms with E-state index in [0.29, 0.717) is 0 Å². The number of aromatic nitrogens is 2. The zero-order valence-electron chi connectivity index (χ0n) is 14.8. The number of nitrogens with one attached hydrogen (secondary N) is 2. The van der Waals surface area contributed by atoms with Crippen LogP contribution in [-0.4, -0.2) is 35.6 Å². The van der Waals surface area contributed by atoms with E-state index in [-0.39, 0.29) is 0 Å². The van der Waals surface area contributed by atoms with Crippen LogP contribution in [0.2, 0.25) is 0 Å². The Morgan fingerprint density at radius 3 is 2.12 bits per heavy atom. The van der Waals surface area contributed by atoms with Crippen LogP contribution in [0.25, 0.3) is 0 Å². The number of guanidine groups is 1. The molecule has 2 aromatic rings. The molecule has 0 unspecified atom stereocenters. The van der Waals surface area contributed by atoms with Crippen LogP contribution in [0, 0.1) is 0 Å². The van der Waals surface area contributed by atoms with Crippen molar-refractivity contribution in [2.75, 3.05) is 19.6 Å². The van der Waals surface area contributed by atoms with Gasteiger partial charge in [-0.2, -0.15) is 0 Å². The summed E-state index contributed by atoms with van der Waals surface area (Å²) in [6.07, 6.45) is 7.91. The van der Waals surface area contributed by atoms with Crippen LogP contribution >= 0.6 is 22.7 Å². The number of aryl methyl sites for hydroxylation is 2. The van der Waals surface area contributed by atoms with Gasteiger partial charge in [0, 0.05) is 54.6 Å². The first-order valence-electron chi connectivity index (χ1n) is 8.64. The Morgan fingerprint density at radius 1 is 0.958 bits per heavy atom. The van der Waals surface area contributed by atoms with E-state index in [1.165, 1.54) is 19.8 Å². The maximum Gasteiger partial charge on any atom is 0.191 e. The van der Waals surface area contributed by atoms with Crippen LogP contribution in [0.1, 0.15) is 40.5 Å². The molecule has 0 aliphatic carbocycles. The first-order chi connectivity index (χ1) is 11.7. The summed E-state index contributed by atoms with van der Waals surface area (Å²) < 4.78 is 0. The van der Waals surface area contributed by atoms with E-state index in [9.17, 15) is 0 Å². The van der Waals surface area contributed by atoms with Crippen LogP contribution in [0.4, 0.5) is 0 Å². The van der Waals surface area contributed by atoms with Gasteiger partial charge in [-0.15, -0.1) is 22.7 Å². The molecule has 2 N–H and O–H groups in total. The molecule has 0 aliphatic rings. The Kier molecular flexibility index (Phi) is 8.18. The Bertz CT molecular complexity index is 632. The van der Waals surface area contributed by atoms with Gasteiger partial charge in [-0.1, -0.05) is 13.8 Å². The van der Waals surface area contributed by atoms with Crippen molar-refractivity contribution >= 4 is 28.6 Å². The van der Waals surface area contributed by atoms with E-state index >= 15 is 0 Å². The molecule has 0 radical (unpaired) electrons. The van der Waals surface area contributed by atoms with Crippen molar-refractivity contribution in [3.63, 3.8) is 0 Å². The lowest BCUT2D eigenvalue weighted by molar-refractivity contribution is 0.793. The molecule has 7 heteroatoms. The van der Waals surface area contributed by atoms with Crippen molar-refractivity contribution in [2.45, 2.75) is 46.5 Å². The molecular weight excluding hydrogens is 338 g/mol. The normalized spacial score (nSPS) is 11.7. The first-order valence-corrected chi connectivity index (χ1v) is 10.3. The number of hydrogen-bond acceptors (Lipinski definition) is 5. The van der Waals surface area contributed by atoms with Crippen LogP contribution in [0.5, 0.6) is 0 Å². The van der Waals surface area contributed by atoms with Gasteiger partial charge in [-0.25, -0.2) is 9.97 Å². The standard InChI is InChI=1S/C17H27N5S2/c1-4-13-11-21-15(23-13)7-9-19-17(18-6-3)20-10-8-16-22-12-14(5-2)24-16/h11-12H,4-10H2,1-3H3,(H2,18,19,20). The van der Waals surface area contributed by atoms with Gasteiger partial charge in [0.1, 0.15) is 0 Å². The molecule has 2 rings (SSSR count). The molecule has 0 fully saturated rings. The first kappa shape index (κ1) is 18.9. The molecule has 0 amide bonds. The highest BCUT2D eigenvalue weighted by atomic mass is 32.1. The van der Waals surface area contributed by atoms with Gasteiger partial charge in [0.05, 0.1) is 10.0 Å². The summed E-state index contributed by atoms with van der Waals surface area (Å²) in [5, 5.41) is 9.03. The van der Waals surface area contributed by atoms with Gasteiger partial charge in [-0.05, 0) is 19.8 Å².